The van der Waals surface area contributed by atoms with E-state index >= 15 is 0 Å². The van der Waals surface area contributed by atoms with E-state index in [4.69, 9.17) is 4.74 Å². The van der Waals surface area contributed by atoms with Crippen molar-refractivity contribution in [3.05, 3.63) is 35.9 Å². The molecule has 0 aliphatic rings. The van der Waals surface area contributed by atoms with Crippen LogP contribution in [-0.2, 0) is 20.9 Å². The second-order valence-electron chi connectivity index (χ2n) is 4.52. The van der Waals surface area contributed by atoms with Gasteiger partial charge in [-0.05, 0) is 18.9 Å². The minimum absolute atomic E-state index is 0.106. The molecule has 1 aromatic carbocycles. The van der Waals surface area contributed by atoms with Gasteiger partial charge < -0.3 is 10.1 Å². The maximum atomic E-state index is 11.5. The highest BCUT2D eigenvalue weighted by atomic mass is 16.5. The molecular weight excluding hydrogens is 242 g/mol. The third-order valence-electron chi connectivity index (χ3n) is 2.82. The first-order valence-electron chi connectivity index (χ1n) is 6.60. The number of benzene rings is 1. The zero-order valence-electron chi connectivity index (χ0n) is 11.5. The molecule has 4 nitrogen and oxygen atoms in total. The number of nitrogens with one attached hydrogen (secondary N) is 1. The second-order valence-corrected chi connectivity index (χ2v) is 4.52. The van der Waals surface area contributed by atoms with E-state index in [2.05, 4.69) is 5.32 Å². The van der Waals surface area contributed by atoms with E-state index in [0.717, 1.165) is 12.0 Å². The summed E-state index contributed by atoms with van der Waals surface area (Å²) in [5.41, 5.74) is 0.944. The van der Waals surface area contributed by atoms with Crippen molar-refractivity contribution in [1.82, 2.24) is 5.32 Å². The molecule has 0 radical (unpaired) electrons. The highest BCUT2D eigenvalue weighted by Crippen LogP contribution is 2.03. The molecule has 0 aliphatic carbocycles. The van der Waals surface area contributed by atoms with Crippen molar-refractivity contribution in [3.63, 3.8) is 0 Å². The van der Waals surface area contributed by atoms with Gasteiger partial charge in [0.2, 0.25) is 5.91 Å². The van der Waals surface area contributed by atoms with Crippen LogP contribution in [0.2, 0.25) is 0 Å². The Balaban J connectivity index is 2.19. The standard InChI is InChI=1S/C15H21NO3/c1-3-12(2)16-14(17)9-10-15(18)19-11-13-7-5-4-6-8-13/h4-8,12H,3,9-11H2,1-2H3,(H,16,17). The predicted molar refractivity (Wildman–Crippen MR) is 73.4 cm³/mol. The summed E-state index contributed by atoms with van der Waals surface area (Å²) in [7, 11) is 0. The van der Waals surface area contributed by atoms with Crippen LogP contribution < -0.4 is 5.32 Å². The van der Waals surface area contributed by atoms with Gasteiger partial charge in [0.15, 0.2) is 0 Å². The highest BCUT2D eigenvalue weighted by Gasteiger charge is 2.09. The van der Waals surface area contributed by atoms with Gasteiger partial charge >= 0.3 is 5.97 Å². The van der Waals surface area contributed by atoms with Gasteiger partial charge in [-0.1, -0.05) is 37.3 Å². The van der Waals surface area contributed by atoms with Gasteiger partial charge in [0.25, 0.3) is 0 Å². The number of amides is 1. The van der Waals surface area contributed by atoms with Crippen LogP contribution in [0.4, 0.5) is 0 Å². The molecule has 0 spiro atoms. The molecule has 1 aromatic rings. The van der Waals surface area contributed by atoms with Crippen LogP contribution in [0.25, 0.3) is 0 Å². The fourth-order valence-electron chi connectivity index (χ4n) is 1.47. The van der Waals surface area contributed by atoms with Crippen LogP contribution in [0, 0.1) is 0 Å². The van der Waals surface area contributed by atoms with Crippen LogP contribution in [0.15, 0.2) is 30.3 Å². The van der Waals surface area contributed by atoms with E-state index in [0.29, 0.717) is 0 Å². The average Bonchev–Trinajstić information content (AvgIpc) is 2.43. The number of carbonyl (C=O) groups excluding carboxylic acids is 2. The molecule has 19 heavy (non-hydrogen) atoms. The predicted octanol–water partition coefficient (Wildman–Crippen LogP) is 2.42. The molecule has 1 rings (SSSR count). The van der Waals surface area contributed by atoms with E-state index in [9.17, 15) is 9.59 Å². The van der Waals surface area contributed by atoms with Crippen LogP contribution >= 0.6 is 0 Å². The molecule has 104 valence electrons. The molecule has 4 heteroatoms. The summed E-state index contributed by atoms with van der Waals surface area (Å²) < 4.78 is 5.09. The summed E-state index contributed by atoms with van der Waals surface area (Å²) in [6, 6.07) is 9.62. The van der Waals surface area contributed by atoms with Crippen LogP contribution in [0.5, 0.6) is 0 Å². The number of hydrogen-bond acceptors (Lipinski definition) is 3. The van der Waals surface area contributed by atoms with Gasteiger partial charge in [-0.25, -0.2) is 0 Å². The van der Waals surface area contributed by atoms with Gasteiger partial charge in [-0.3, -0.25) is 9.59 Å². The molecule has 0 bridgehead atoms. The molecule has 1 N–H and O–H groups in total. The molecule has 0 heterocycles. The van der Waals surface area contributed by atoms with Crippen molar-refractivity contribution < 1.29 is 14.3 Å². The van der Waals surface area contributed by atoms with E-state index < -0.39 is 0 Å². The molecule has 1 atom stereocenters. The first-order valence-corrected chi connectivity index (χ1v) is 6.60. The SMILES string of the molecule is CCC(C)NC(=O)CCC(=O)OCc1ccccc1. The molecule has 0 aliphatic heterocycles. The maximum Gasteiger partial charge on any atom is 0.306 e. The van der Waals surface area contributed by atoms with Crippen LogP contribution in [-0.4, -0.2) is 17.9 Å². The summed E-state index contributed by atoms with van der Waals surface area (Å²) in [5.74, 6) is -0.450. The van der Waals surface area contributed by atoms with E-state index in [-0.39, 0.29) is 37.4 Å². The van der Waals surface area contributed by atoms with Gasteiger partial charge in [0, 0.05) is 12.5 Å². The van der Waals surface area contributed by atoms with Gasteiger partial charge in [-0.2, -0.15) is 0 Å². The quantitative estimate of drug-likeness (QED) is 0.769. The van der Waals surface area contributed by atoms with Crippen molar-refractivity contribution in [2.24, 2.45) is 0 Å². The Kier molecular flexibility index (Phi) is 6.64. The third kappa shape index (κ3) is 6.60. The highest BCUT2D eigenvalue weighted by molar-refractivity contribution is 5.81. The molecule has 1 amide bonds. The average molecular weight is 263 g/mol. The first kappa shape index (κ1) is 15.2. The van der Waals surface area contributed by atoms with E-state index in [1.54, 1.807) is 0 Å². The fourth-order valence-corrected chi connectivity index (χ4v) is 1.47. The lowest BCUT2D eigenvalue weighted by Crippen LogP contribution is -2.32. The summed E-state index contributed by atoms with van der Waals surface area (Å²) in [4.78, 5) is 22.9. The lowest BCUT2D eigenvalue weighted by molar-refractivity contribution is -0.146. The van der Waals surface area contributed by atoms with Crippen LogP contribution in [0.3, 0.4) is 0 Å². The second kappa shape index (κ2) is 8.29. The normalized spacial score (nSPS) is 11.7. The zero-order valence-corrected chi connectivity index (χ0v) is 11.5. The molecule has 0 fully saturated rings. The zero-order chi connectivity index (χ0) is 14.1. The largest absolute Gasteiger partial charge is 0.461 e. The minimum atomic E-state index is -0.344. The summed E-state index contributed by atoms with van der Waals surface area (Å²) in [6.07, 6.45) is 1.18. The van der Waals surface area contributed by atoms with Gasteiger partial charge in [-0.15, -0.1) is 0 Å². The van der Waals surface area contributed by atoms with Crippen LogP contribution in [0.1, 0.15) is 38.7 Å². The van der Waals surface area contributed by atoms with E-state index in [1.165, 1.54) is 0 Å². The number of hydrogen-bond donors (Lipinski definition) is 1. The molecule has 1 unspecified atom stereocenters. The number of carbonyl (C=O) groups is 2. The van der Waals surface area contributed by atoms with Gasteiger partial charge in [0.1, 0.15) is 6.61 Å². The Morgan fingerprint density at radius 3 is 2.53 bits per heavy atom. The van der Waals surface area contributed by atoms with Crippen molar-refractivity contribution in [2.45, 2.75) is 45.8 Å². The Bertz CT molecular complexity index is 403. The Labute approximate surface area is 114 Å². The Morgan fingerprint density at radius 1 is 1.21 bits per heavy atom. The lowest BCUT2D eigenvalue weighted by atomic mass is 10.2. The topological polar surface area (TPSA) is 55.4 Å². The van der Waals surface area contributed by atoms with Crippen molar-refractivity contribution in [2.75, 3.05) is 0 Å². The molecule has 0 saturated carbocycles. The summed E-state index contributed by atoms with van der Waals surface area (Å²) in [6.45, 7) is 4.19. The number of esters is 1. The smallest absolute Gasteiger partial charge is 0.306 e. The van der Waals surface area contributed by atoms with Crippen molar-refractivity contribution in [1.29, 1.82) is 0 Å². The monoisotopic (exact) mass is 263 g/mol. The summed E-state index contributed by atoms with van der Waals surface area (Å²) >= 11 is 0. The fraction of sp³-hybridized carbons (Fsp3) is 0.467. The van der Waals surface area contributed by atoms with E-state index in [1.807, 2.05) is 44.2 Å². The van der Waals surface area contributed by atoms with Crippen molar-refractivity contribution >= 4 is 11.9 Å². The van der Waals surface area contributed by atoms with Gasteiger partial charge in [0.05, 0.1) is 6.42 Å². The summed E-state index contributed by atoms with van der Waals surface area (Å²) in [5, 5.41) is 2.81. The Hall–Kier alpha value is -1.84. The molecule has 0 aromatic heterocycles. The lowest BCUT2D eigenvalue weighted by Gasteiger charge is -2.11. The first-order chi connectivity index (χ1) is 9.11. The maximum absolute atomic E-state index is 11.5. The third-order valence-corrected chi connectivity index (χ3v) is 2.82. The Morgan fingerprint density at radius 2 is 1.89 bits per heavy atom. The number of rotatable bonds is 7. The molecule has 0 saturated heterocycles. The molecular formula is C15H21NO3. The minimum Gasteiger partial charge on any atom is -0.461 e. The van der Waals surface area contributed by atoms with Crippen molar-refractivity contribution in [3.8, 4) is 0 Å². The number of ether oxygens (including phenoxy) is 1.